The lowest BCUT2D eigenvalue weighted by molar-refractivity contribution is -0.137. The molecule has 2 rings (SSSR count). The molecule has 2 amide bonds. The molecule has 0 unspecified atom stereocenters. The van der Waals surface area contributed by atoms with E-state index in [1.807, 2.05) is 37.8 Å². The fourth-order valence-corrected chi connectivity index (χ4v) is 3.39. The van der Waals surface area contributed by atoms with Gasteiger partial charge in [-0.1, -0.05) is 29.8 Å². The molecule has 126 valence electrons. The minimum Gasteiger partial charge on any atom is -0.397 e. The Balaban J connectivity index is 1.97. The predicted molar refractivity (Wildman–Crippen MR) is 96.1 cm³/mol. The quantitative estimate of drug-likeness (QED) is 0.789. The molecule has 0 aliphatic carbocycles. The van der Waals surface area contributed by atoms with Gasteiger partial charge in [-0.2, -0.15) is 0 Å². The molecule has 3 N–H and O–H groups in total. The highest BCUT2D eigenvalue weighted by atomic mass is 79.9. The Kier molecular flexibility index (Phi) is 5.68. The van der Waals surface area contributed by atoms with E-state index < -0.39 is 0 Å². The second kappa shape index (κ2) is 7.34. The normalized spacial score (nSPS) is 15.8. The summed E-state index contributed by atoms with van der Waals surface area (Å²) in [6, 6.07) is 3.73. The summed E-state index contributed by atoms with van der Waals surface area (Å²) < 4.78 is 0.886. The minimum absolute atomic E-state index is 0.00446. The molecule has 0 saturated carbocycles. The summed E-state index contributed by atoms with van der Waals surface area (Å²) in [6.45, 7) is 6.99. The zero-order chi connectivity index (χ0) is 17.1. The topological polar surface area (TPSA) is 75.4 Å². The van der Waals surface area contributed by atoms with Crippen LogP contribution in [-0.2, 0) is 9.59 Å². The molecule has 5 nitrogen and oxygen atoms in total. The van der Waals surface area contributed by atoms with E-state index in [1.54, 1.807) is 0 Å². The van der Waals surface area contributed by atoms with E-state index in [0.29, 0.717) is 37.3 Å². The molecule has 0 spiro atoms. The Morgan fingerprint density at radius 2 is 1.91 bits per heavy atom. The van der Waals surface area contributed by atoms with Gasteiger partial charge >= 0.3 is 0 Å². The molecule has 23 heavy (non-hydrogen) atoms. The van der Waals surface area contributed by atoms with E-state index in [2.05, 4.69) is 21.2 Å². The molecule has 1 heterocycles. The van der Waals surface area contributed by atoms with Crippen molar-refractivity contribution in [2.75, 3.05) is 24.1 Å². The fourth-order valence-electron chi connectivity index (χ4n) is 2.82. The van der Waals surface area contributed by atoms with Crippen LogP contribution in [0.3, 0.4) is 0 Å². The van der Waals surface area contributed by atoms with Crippen LogP contribution in [0.25, 0.3) is 0 Å². The maximum atomic E-state index is 12.5. The van der Waals surface area contributed by atoms with Crippen LogP contribution in [-0.4, -0.2) is 29.8 Å². The lowest BCUT2D eigenvalue weighted by Gasteiger charge is -2.32. The Morgan fingerprint density at radius 1 is 1.30 bits per heavy atom. The SMILES string of the molecule is Cc1cc(Br)cc(NC(=O)C2CCN(C(=O)C(C)C)CC2)c1N. The van der Waals surface area contributed by atoms with Gasteiger partial charge in [-0.05, 0) is 37.5 Å². The van der Waals surface area contributed by atoms with Crippen molar-refractivity contribution in [2.45, 2.75) is 33.6 Å². The van der Waals surface area contributed by atoms with E-state index >= 15 is 0 Å². The number of rotatable bonds is 3. The molecule has 0 aromatic heterocycles. The maximum Gasteiger partial charge on any atom is 0.227 e. The highest BCUT2D eigenvalue weighted by Gasteiger charge is 2.28. The average molecular weight is 382 g/mol. The first-order valence-corrected chi connectivity index (χ1v) is 8.74. The number of anilines is 2. The third kappa shape index (κ3) is 4.25. The number of hydrogen-bond acceptors (Lipinski definition) is 3. The molecular formula is C17H24BrN3O2. The van der Waals surface area contributed by atoms with Crippen LogP contribution in [0.15, 0.2) is 16.6 Å². The number of aryl methyl sites for hydroxylation is 1. The van der Waals surface area contributed by atoms with E-state index in [4.69, 9.17) is 5.73 Å². The molecular weight excluding hydrogens is 358 g/mol. The van der Waals surface area contributed by atoms with Gasteiger partial charge in [0.2, 0.25) is 11.8 Å². The van der Waals surface area contributed by atoms with Crippen molar-refractivity contribution < 1.29 is 9.59 Å². The lowest BCUT2D eigenvalue weighted by atomic mass is 9.95. The van der Waals surface area contributed by atoms with Crippen molar-refractivity contribution >= 4 is 39.1 Å². The van der Waals surface area contributed by atoms with Crippen molar-refractivity contribution in [3.63, 3.8) is 0 Å². The zero-order valence-electron chi connectivity index (χ0n) is 13.9. The molecule has 0 bridgehead atoms. The molecule has 1 aliphatic rings. The Hall–Kier alpha value is -1.56. The first kappa shape index (κ1) is 17.8. The van der Waals surface area contributed by atoms with Crippen LogP contribution in [0.1, 0.15) is 32.3 Å². The second-order valence-electron chi connectivity index (χ2n) is 6.43. The number of nitrogens with one attached hydrogen (secondary N) is 1. The van der Waals surface area contributed by atoms with Crippen LogP contribution >= 0.6 is 15.9 Å². The molecule has 1 aromatic carbocycles. The monoisotopic (exact) mass is 381 g/mol. The zero-order valence-corrected chi connectivity index (χ0v) is 15.4. The van der Waals surface area contributed by atoms with E-state index in [-0.39, 0.29) is 23.7 Å². The Bertz CT molecular complexity index is 608. The first-order chi connectivity index (χ1) is 10.8. The molecule has 1 aromatic rings. The van der Waals surface area contributed by atoms with E-state index in [0.717, 1.165) is 10.0 Å². The molecule has 1 aliphatic heterocycles. The van der Waals surface area contributed by atoms with Crippen LogP contribution in [0.4, 0.5) is 11.4 Å². The van der Waals surface area contributed by atoms with Gasteiger partial charge in [0, 0.05) is 29.4 Å². The van der Waals surface area contributed by atoms with Crippen LogP contribution in [0.2, 0.25) is 0 Å². The molecule has 1 saturated heterocycles. The third-order valence-electron chi connectivity index (χ3n) is 4.28. The van der Waals surface area contributed by atoms with Crippen LogP contribution in [0.5, 0.6) is 0 Å². The Labute approximate surface area is 145 Å². The number of piperidine rings is 1. The highest BCUT2D eigenvalue weighted by Crippen LogP contribution is 2.29. The summed E-state index contributed by atoms with van der Waals surface area (Å²) in [5.74, 6) is 0.0660. The molecule has 1 fully saturated rings. The summed E-state index contributed by atoms with van der Waals surface area (Å²) in [5, 5.41) is 2.93. The number of halogens is 1. The minimum atomic E-state index is -0.0788. The number of carbonyl (C=O) groups is 2. The van der Waals surface area contributed by atoms with Crippen molar-refractivity contribution in [3.8, 4) is 0 Å². The van der Waals surface area contributed by atoms with Gasteiger partial charge in [0.1, 0.15) is 0 Å². The van der Waals surface area contributed by atoms with Gasteiger partial charge in [0.05, 0.1) is 11.4 Å². The van der Waals surface area contributed by atoms with E-state index in [9.17, 15) is 9.59 Å². The summed E-state index contributed by atoms with van der Waals surface area (Å²) >= 11 is 3.42. The third-order valence-corrected chi connectivity index (χ3v) is 4.74. The number of amides is 2. The number of nitrogen functional groups attached to an aromatic ring is 1. The fraction of sp³-hybridized carbons (Fsp3) is 0.529. The van der Waals surface area contributed by atoms with Gasteiger partial charge in [-0.3, -0.25) is 9.59 Å². The van der Waals surface area contributed by atoms with Gasteiger partial charge < -0.3 is 16.0 Å². The standard InChI is InChI=1S/C17H24BrN3O2/c1-10(2)17(23)21-6-4-12(5-7-21)16(22)20-14-9-13(18)8-11(3)15(14)19/h8-10,12H,4-7,19H2,1-3H3,(H,20,22). The van der Waals surface area contributed by atoms with Crippen LogP contribution < -0.4 is 11.1 Å². The predicted octanol–water partition coefficient (Wildman–Crippen LogP) is 3.17. The largest absolute Gasteiger partial charge is 0.397 e. The van der Waals surface area contributed by atoms with E-state index in [1.165, 1.54) is 0 Å². The van der Waals surface area contributed by atoms with Crippen molar-refractivity contribution in [3.05, 3.63) is 22.2 Å². The first-order valence-electron chi connectivity index (χ1n) is 7.95. The van der Waals surface area contributed by atoms with Crippen molar-refractivity contribution in [1.29, 1.82) is 0 Å². The van der Waals surface area contributed by atoms with Gasteiger partial charge in [0.15, 0.2) is 0 Å². The summed E-state index contributed by atoms with van der Waals surface area (Å²) in [6.07, 6.45) is 1.38. The summed E-state index contributed by atoms with van der Waals surface area (Å²) in [5.41, 5.74) is 8.19. The number of nitrogens with two attached hydrogens (primary N) is 1. The molecule has 0 atom stereocenters. The van der Waals surface area contributed by atoms with Gasteiger partial charge in [-0.15, -0.1) is 0 Å². The maximum absolute atomic E-state index is 12.5. The lowest BCUT2D eigenvalue weighted by Crippen LogP contribution is -2.43. The number of nitrogens with zero attached hydrogens (tertiary/aromatic N) is 1. The number of carbonyl (C=O) groups excluding carboxylic acids is 2. The number of hydrogen-bond donors (Lipinski definition) is 2. The van der Waals surface area contributed by atoms with Crippen molar-refractivity contribution in [2.24, 2.45) is 11.8 Å². The highest BCUT2D eigenvalue weighted by molar-refractivity contribution is 9.10. The number of likely N-dealkylation sites (tertiary alicyclic amines) is 1. The Morgan fingerprint density at radius 3 is 2.48 bits per heavy atom. The van der Waals surface area contributed by atoms with Gasteiger partial charge in [0.25, 0.3) is 0 Å². The summed E-state index contributed by atoms with van der Waals surface area (Å²) in [4.78, 5) is 26.3. The van der Waals surface area contributed by atoms with Crippen molar-refractivity contribution in [1.82, 2.24) is 4.90 Å². The molecule has 6 heteroatoms. The van der Waals surface area contributed by atoms with Crippen LogP contribution in [0, 0.1) is 18.8 Å². The summed E-state index contributed by atoms with van der Waals surface area (Å²) in [7, 11) is 0. The second-order valence-corrected chi connectivity index (χ2v) is 7.34. The molecule has 0 radical (unpaired) electrons. The van der Waals surface area contributed by atoms with Gasteiger partial charge in [-0.25, -0.2) is 0 Å². The average Bonchev–Trinajstić information content (AvgIpc) is 2.51. The number of benzene rings is 1. The smallest absolute Gasteiger partial charge is 0.227 e.